The van der Waals surface area contributed by atoms with Crippen LogP contribution in [-0.4, -0.2) is 30.7 Å². The lowest BCUT2D eigenvalue weighted by atomic mass is 10.0. The van der Waals surface area contributed by atoms with Gasteiger partial charge in [-0.05, 0) is 23.3 Å². The molecule has 0 atom stereocenters. The molecule has 3 heteroatoms. The Balaban J connectivity index is 2.11. The second-order valence-electron chi connectivity index (χ2n) is 4.84. The Morgan fingerprint density at radius 3 is 2.05 bits per heavy atom. The molecule has 0 aromatic heterocycles. The molecule has 0 unspecified atom stereocenters. The third kappa shape index (κ3) is 3.87. The first-order valence-corrected chi connectivity index (χ1v) is 7.26. The molecule has 0 heterocycles. The lowest BCUT2D eigenvalue weighted by Gasteiger charge is -2.04. The normalized spacial score (nSPS) is 10.3. The fraction of sp³-hybridized carbons (Fsp3) is 0.176. The lowest BCUT2D eigenvalue weighted by Crippen LogP contribution is -2.10. The van der Waals surface area contributed by atoms with Crippen molar-refractivity contribution in [3.8, 4) is 11.1 Å². The number of hydrogen-bond acceptors (Lipinski definition) is 1. The Morgan fingerprint density at radius 1 is 1.05 bits per heavy atom. The summed E-state index contributed by atoms with van der Waals surface area (Å²) >= 11 is 3.42. The summed E-state index contributed by atoms with van der Waals surface area (Å²) in [6, 6.07) is 15.9. The fourth-order valence-corrected chi connectivity index (χ4v) is 2.19. The van der Waals surface area contributed by atoms with E-state index in [1.165, 1.54) is 0 Å². The molecule has 20 heavy (non-hydrogen) atoms. The first-order chi connectivity index (χ1) is 9.56. The number of nitrogens with zero attached hydrogens (tertiary/aromatic N) is 1. The van der Waals surface area contributed by atoms with Crippen molar-refractivity contribution >= 4 is 28.4 Å². The van der Waals surface area contributed by atoms with Crippen LogP contribution >= 0.6 is 15.9 Å². The van der Waals surface area contributed by atoms with Gasteiger partial charge in [0.05, 0.1) is 6.42 Å². The van der Waals surface area contributed by atoms with E-state index in [0.717, 1.165) is 21.2 Å². The summed E-state index contributed by atoms with van der Waals surface area (Å²) in [4.78, 5) is 12.0. The molecule has 0 fully saturated rings. The van der Waals surface area contributed by atoms with Gasteiger partial charge in [0.25, 0.3) is 0 Å². The van der Waals surface area contributed by atoms with Crippen molar-refractivity contribution < 1.29 is 9.37 Å². The van der Waals surface area contributed by atoms with Gasteiger partial charge in [-0.2, -0.15) is 0 Å². The van der Waals surface area contributed by atoms with E-state index in [1.54, 1.807) is 4.58 Å². The van der Waals surface area contributed by atoms with Crippen molar-refractivity contribution in [1.82, 2.24) is 0 Å². The molecule has 0 aliphatic rings. The number of halogens is 1. The first kappa shape index (κ1) is 14.7. The van der Waals surface area contributed by atoms with Crippen molar-refractivity contribution in [3.63, 3.8) is 0 Å². The van der Waals surface area contributed by atoms with Crippen molar-refractivity contribution in [2.45, 2.75) is 6.42 Å². The molecule has 2 rings (SSSR count). The van der Waals surface area contributed by atoms with Crippen LogP contribution in [0.15, 0.2) is 53.0 Å². The number of benzene rings is 2. The molecule has 0 N–H and O–H groups in total. The van der Waals surface area contributed by atoms with E-state index in [-0.39, 0.29) is 5.78 Å². The summed E-state index contributed by atoms with van der Waals surface area (Å²) in [5.41, 5.74) is 3.01. The van der Waals surface area contributed by atoms with Crippen LogP contribution in [0.1, 0.15) is 16.8 Å². The minimum absolute atomic E-state index is 0.155. The van der Waals surface area contributed by atoms with E-state index in [2.05, 4.69) is 34.8 Å². The lowest BCUT2D eigenvalue weighted by molar-refractivity contribution is -0.486. The van der Waals surface area contributed by atoms with Gasteiger partial charge in [-0.25, -0.2) is 4.58 Å². The average molecular weight is 331 g/mol. The maximum Gasteiger partial charge on any atom is 0.169 e. The van der Waals surface area contributed by atoms with Crippen molar-refractivity contribution in [2.75, 3.05) is 13.6 Å². The largest absolute Gasteiger partial charge is 0.294 e. The van der Waals surface area contributed by atoms with Crippen molar-refractivity contribution in [1.29, 1.82) is 0 Å². The minimum Gasteiger partial charge on any atom is -0.294 e. The average Bonchev–Trinajstić information content (AvgIpc) is 2.46. The Labute approximate surface area is 127 Å². The Morgan fingerprint density at radius 2 is 1.55 bits per heavy atom. The summed E-state index contributed by atoms with van der Waals surface area (Å²) in [5, 5.41) is 0. The van der Waals surface area contributed by atoms with Crippen LogP contribution in [0.2, 0.25) is 0 Å². The van der Waals surface area contributed by atoms with Crippen LogP contribution in [-0.2, 0) is 0 Å². The number of ketones is 1. The summed E-state index contributed by atoms with van der Waals surface area (Å²) in [6.45, 7) is 4.42. The van der Waals surface area contributed by atoms with Gasteiger partial charge in [-0.15, -0.1) is 0 Å². The first-order valence-electron chi connectivity index (χ1n) is 6.47. The highest BCUT2D eigenvalue weighted by molar-refractivity contribution is 9.10. The molecule has 0 radical (unpaired) electrons. The number of carbonyl (C=O) groups is 1. The Kier molecular flexibility index (Phi) is 4.85. The quantitative estimate of drug-likeness (QED) is 0.460. The van der Waals surface area contributed by atoms with Gasteiger partial charge in [0.2, 0.25) is 0 Å². The maximum absolute atomic E-state index is 12.0. The zero-order valence-electron chi connectivity index (χ0n) is 11.5. The van der Waals surface area contributed by atoms with Crippen LogP contribution in [0.3, 0.4) is 0 Å². The van der Waals surface area contributed by atoms with Crippen LogP contribution in [0.25, 0.3) is 11.1 Å². The molecule has 2 aromatic carbocycles. The van der Waals surface area contributed by atoms with Crippen LogP contribution in [0, 0.1) is 0 Å². The molecular weight excluding hydrogens is 314 g/mol. The summed E-state index contributed by atoms with van der Waals surface area (Å²) < 4.78 is 2.83. The molecule has 0 aliphatic carbocycles. The van der Waals surface area contributed by atoms with Gasteiger partial charge in [0, 0.05) is 10.0 Å². The van der Waals surface area contributed by atoms with Gasteiger partial charge in [-0.1, -0.05) is 52.3 Å². The Bertz CT molecular complexity index is 614. The fourth-order valence-electron chi connectivity index (χ4n) is 1.93. The van der Waals surface area contributed by atoms with E-state index in [0.29, 0.717) is 13.0 Å². The summed E-state index contributed by atoms with van der Waals surface area (Å²) in [5.74, 6) is 0.155. The predicted molar refractivity (Wildman–Crippen MR) is 86.7 cm³/mol. The molecule has 2 aromatic rings. The van der Waals surface area contributed by atoms with Crippen molar-refractivity contribution in [2.24, 2.45) is 0 Å². The van der Waals surface area contributed by atoms with Crippen LogP contribution < -0.4 is 0 Å². The number of rotatable bonds is 5. The monoisotopic (exact) mass is 330 g/mol. The Hall–Kier alpha value is -1.74. The predicted octanol–water partition coefficient (Wildman–Crippen LogP) is 4.03. The summed E-state index contributed by atoms with van der Waals surface area (Å²) in [6.07, 6.45) is 0.498. The van der Waals surface area contributed by atoms with E-state index in [9.17, 15) is 4.79 Å². The molecule has 0 saturated carbocycles. The SMILES string of the molecule is C=[N+](C)CCC(=O)c1ccc(-c2ccc(Br)cc2)cc1. The van der Waals surface area contributed by atoms with E-state index in [4.69, 9.17) is 0 Å². The van der Waals surface area contributed by atoms with E-state index in [1.807, 2.05) is 43.4 Å². The van der Waals surface area contributed by atoms with Crippen LogP contribution in [0.4, 0.5) is 0 Å². The second-order valence-corrected chi connectivity index (χ2v) is 5.75. The van der Waals surface area contributed by atoms with Gasteiger partial charge >= 0.3 is 0 Å². The standard InChI is InChI=1S/C17H17BrNO/c1-19(2)12-11-17(20)15-5-3-13(4-6-15)14-7-9-16(18)10-8-14/h3-10H,1,11-12H2,2H3/q+1. The third-order valence-electron chi connectivity index (χ3n) is 3.11. The molecule has 2 nitrogen and oxygen atoms in total. The van der Waals surface area contributed by atoms with Gasteiger partial charge in [0.15, 0.2) is 5.78 Å². The van der Waals surface area contributed by atoms with Crippen LogP contribution in [0.5, 0.6) is 0 Å². The summed E-state index contributed by atoms with van der Waals surface area (Å²) in [7, 11) is 1.86. The van der Waals surface area contributed by atoms with Crippen molar-refractivity contribution in [3.05, 3.63) is 58.6 Å². The molecular formula is C17H17BrNO+. The topological polar surface area (TPSA) is 20.1 Å². The molecule has 0 aliphatic heterocycles. The number of hydrogen-bond donors (Lipinski definition) is 0. The number of Topliss-reactive ketones (excluding diaryl/α,β-unsaturated/α-hetero) is 1. The zero-order valence-corrected chi connectivity index (χ0v) is 13.1. The minimum atomic E-state index is 0.155. The van der Waals surface area contributed by atoms with E-state index >= 15 is 0 Å². The third-order valence-corrected chi connectivity index (χ3v) is 3.63. The molecule has 0 saturated heterocycles. The highest BCUT2D eigenvalue weighted by Gasteiger charge is 2.08. The molecule has 102 valence electrons. The van der Waals surface area contributed by atoms with Gasteiger partial charge in [-0.3, -0.25) is 4.79 Å². The molecule has 0 amide bonds. The van der Waals surface area contributed by atoms with E-state index < -0.39 is 0 Å². The van der Waals surface area contributed by atoms with Gasteiger partial charge in [0.1, 0.15) is 20.3 Å². The smallest absolute Gasteiger partial charge is 0.169 e. The molecule has 0 spiro atoms. The highest BCUT2D eigenvalue weighted by atomic mass is 79.9. The second kappa shape index (κ2) is 6.62. The van der Waals surface area contributed by atoms with Gasteiger partial charge < -0.3 is 0 Å². The zero-order chi connectivity index (χ0) is 14.5. The highest BCUT2D eigenvalue weighted by Crippen LogP contribution is 2.22. The maximum atomic E-state index is 12.0. The molecule has 0 bridgehead atoms. The number of carbonyl (C=O) groups excluding carboxylic acids is 1.